The molecule has 0 bridgehead atoms. The Morgan fingerprint density at radius 3 is 2.43 bits per heavy atom. The van der Waals surface area contributed by atoms with Gasteiger partial charge >= 0.3 is 0 Å². The lowest BCUT2D eigenvalue weighted by molar-refractivity contribution is 0.0939. The molecule has 2 N–H and O–H groups in total. The number of aromatic hydroxyl groups is 1. The van der Waals surface area contributed by atoms with E-state index in [1.54, 1.807) is 24.3 Å². The number of rotatable bonds is 4. The number of hydrogen-bond acceptors (Lipinski definition) is 4. The number of para-hydroxylation sites is 1. The van der Waals surface area contributed by atoms with Crippen LogP contribution in [0.3, 0.4) is 0 Å². The fourth-order valence-corrected chi connectivity index (χ4v) is 3.55. The number of pyridine rings is 1. The minimum Gasteiger partial charge on any atom is -0.505 e. The van der Waals surface area contributed by atoms with E-state index in [1.807, 2.05) is 61.5 Å². The summed E-state index contributed by atoms with van der Waals surface area (Å²) >= 11 is 0. The molecule has 0 aliphatic heterocycles. The van der Waals surface area contributed by atoms with Crippen LogP contribution in [-0.2, 0) is 0 Å². The lowest BCUT2D eigenvalue weighted by atomic mass is 9.99. The summed E-state index contributed by atoms with van der Waals surface area (Å²) in [5.74, 6) is -0.596. The molecular formula is C25H19N3O2. The van der Waals surface area contributed by atoms with Crippen LogP contribution in [0, 0.1) is 11.3 Å². The van der Waals surface area contributed by atoms with Crippen LogP contribution in [0.15, 0.2) is 78.9 Å². The summed E-state index contributed by atoms with van der Waals surface area (Å²) in [5.41, 5.74) is 3.07. The summed E-state index contributed by atoms with van der Waals surface area (Å²) in [6.45, 7) is 1.81. The smallest absolute Gasteiger partial charge is 0.256 e. The Balaban J connectivity index is 1.81. The predicted octanol–water partition coefficient (Wildman–Crippen LogP) is 4.97. The van der Waals surface area contributed by atoms with Gasteiger partial charge in [0.1, 0.15) is 5.69 Å². The minimum atomic E-state index is -0.427. The predicted molar refractivity (Wildman–Crippen MR) is 116 cm³/mol. The van der Waals surface area contributed by atoms with Gasteiger partial charge in [-0.25, -0.2) is 4.98 Å². The van der Waals surface area contributed by atoms with E-state index in [0.717, 1.165) is 11.1 Å². The molecule has 0 fully saturated rings. The van der Waals surface area contributed by atoms with E-state index in [1.165, 1.54) is 0 Å². The van der Waals surface area contributed by atoms with Crippen LogP contribution in [0.5, 0.6) is 5.75 Å². The van der Waals surface area contributed by atoms with Crippen molar-refractivity contribution in [3.05, 3.63) is 95.6 Å². The van der Waals surface area contributed by atoms with Gasteiger partial charge in [0.05, 0.1) is 28.8 Å². The van der Waals surface area contributed by atoms with E-state index in [0.29, 0.717) is 22.2 Å². The summed E-state index contributed by atoms with van der Waals surface area (Å²) in [6.07, 6.45) is 0. The number of carbonyl (C=O) groups excluding carboxylic acids is 1. The van der Waals surface area contributed by atoms with Crippen molar-refractivity contribution in [1.29, 1.82) is 5.26 Å². The van der Waals surface area contributed by atoms with Crippen LogP contribution in [-0.4, -0.2) is 16.0 Å². The highest BCUT2D eigenvalue weighted by molar-refractivity contribution is 6.10. The first kappa shape index (κ1) is 19.2. The van der Waals surface area contributed by atoms with Crippen molar-refractivity contribution in [2.75, 3.05) is 0 Å². The van der Waals surface area contributed by atoms with Crippen molar-refractivity contribution in [2.24, 2.45) is 0 Å². The molecule has 0 unspecified atom stereocenters. The van der Waals surface area contributed by atoms with Gasteiger partial charge in [-0.2, -0.15) is 5.26 Å². The second kappa shape index (κ2) is 8.06. The van der Waals surface area contributed by atoms with Crippen molar-refractivity contribution in [2.45, 2.75) is 13.0 Å². The van der Waals surface area contributed by atoms with Gasteiger partial charge in [0.15, 0.2) is 5.75 Å². The van der Waals surface area contributed by atoms with E-state index in [4.69, 9.17) is 0 Å². The molecule has 30 heavy (non-hydrogen) atoms. The zero-order chi connectivity index (χ0) is 21.1. The molecule has 0 aliphatic carbocycles. The van der Waals surface area contributed by atoms with Gasteiger partial charge in [0, 0.05) is 10.9 Å². The maximum atomic E-state index is 13.3. The Morgan fingerprint density at radius 1 is 1.00 bits per heavy atom. The van der Waals surface area contributed by atoms with Crippen LogP contribution in [0.25, 0.3) is 22.2 Å². The molecule has 1 amide bonds. The first-order valence-electron chi connectivity index (χ1n) is 9.57. The molecule has 3 aromatic carbocycles. The Bertz CT molecular complexity index is 1280. The number of nitriles is 1. The Hall–Kier alpha value is -4.17. The number of hydrogen-bond donors (Lipinski definition) is 2. The van der Waals surface area contributed by atoms with E-state index < -0.39 is 11.9 Å². The lowest BCUT2D eigenvalue weighted by Gasteiger charge is -2.18. The van der Waals surface area contributed by atoms with E-state index in [9.17, 15) is 15.2 Å². The standard InChI is InChI=1S/C25H19N3O2/c1-16(19-12-6-5-11-18(19)15-26)27-25(30)22-20-13-7-8-14-21(20)28-23(24(22)29)17-9-3-2-4-10-17/h2-14,16,29H,1H3,(H,27,30)/t16-/m0/s1. The molecule has 1 heterocycles. The number of carbonyl (C=O) groups is 1. The Kier molecular flexibility index (Phi) is 5.15. The van der Waals surface area contributed by atoms with Gasteiger partial charge in [-0.15, -0.1) is 0 Å². The normalized spacial score (nSPS) is 11.6. The minimum absolute atomic E-state index is 0.167. The van der Waals surface area contributed by atoms with Gasteiger partial charge in [-0.3, -0.25) is 4.79 Å². The summed E-state index contributed by atoms with van der Waals surface area (Å²) in [4.78, 5) is 17.8. The van der Waals surface area contributed by atoms with E-state index in [2.05, 4.69) is 16.4 Å². The highest BCUT2D eigenvalue weighted by Gasteiger charge is 2.23. The van der Waals surface area contributed by atoms with Crippen molar-refractivity contribution < 1.29 is 9.90 Å². The average Bonchev–Trinajstić information content (AvgIpc) is 2.79. The van der Waals surface area contributed by atoms with Crippen molar-refractivity contribution in [3.63, 3.8) is 0 Å². The van der Waals surface area contributed by atoms with E-state index >= 15 is 0 Å². The molecular weight excluding hydrogens is 374 g/mol. The van der Waals surface area contributed by atoms with Gasteiger partial charge in [-0.1, -0.05) is 66.7 Å². The van der Waals surface area contributed by atoms with Gasteiger partial charge in [0.25, 0.3) is 5.91 Å². The zero-order valence-electron chi connectivity index (χ0n) is 16.3. The molecule has 5 heteroatoms. The highest BCUT2D eigenvalue weighted by atomic mass is 16.3. The van der Waals surface area contributed by atoms with Crippen molar-refractivity contribution >= 4 is 16.8 Å². The third kappa shape index (κ3) is 3.47. The molecule has 0 radical (unpaired) electrons. The number of benzene rings is 3. The molecule has 4 rings (SSSR count). The summed E-state index contributed by atoms with van der Waals surface area (Å²) < 4.78 is 0. The van der Waals surface area contributed by atoms with Crippen LogP contribution >= 0.6 is 0 Å². The third-order valence-corrected chi connectivity index (χ3v) is 5.04. The van der Waals surface area contributed by atoms with Crippen LogP contribution in [0.4, 0.5) is 0 Å². The first-order valence-corrected chi connectivity index (χ1v) is 9.57. The number of nitrogens with zero attached hydrogens (tertiary/aromatic N) is 2. The number of aromatic nitrogens is 1. The van der Waals surface area contributed by atoms with Gasteiger partial charge < -0.3 is 10.4 Å². The van der Waals surface area contributed by atoms with Crippen LogP contribution in [0.2, 0.25) is 0 Å². The zero-order valence-corrected chi connectivity index (χ0v) is 16.3. The number of fused-ring (bicyclic) bond motifs is 1. The van der Waals surface area contributed by atoms with Crippen molar-refractivity contribution in [1.82, 2.24) is 10.3 Å². The quantitative estimate of drug-likeness (QED) is 0.512. The fraction of sp³-hybridized carbons (Fsp3) is 0.0800. The monoisotopic (exact) mass is 393 g/mol. The fourth-order valence-electron chi connectivity index (χ4n) is 3.55. The maximum Gasteiger partial charge on any atom is 0.256 e. The summed E-state index contributed by atoms with van der Waals surface area (Å²) in [7, 11) is 0. The molecule has 0 aliphatic rings. The number of amides is 1. The Labute approximate surface area is 174 Å². The van der Waals surface area contributed by atoms with Crippen LogP contribution < -0.4 is 5.32 Å². The molecule has 4 aromatic rings. The molecule has 0 saturated heterocycles. The Morgan fingerprint density at radius 2 is 1.67 bits per heavy atom. The van der Waals surface area contributed by atoms with Crippen LogP contribution in [0.1, 0.15) is 34.5 Å². The summed E-state index contributed by atoms with van der Waals surface area (Å²) in [6, 6.07) is 25.3. The summed E-state index contributed by atoms with van der Waals surface area (Å²) in [5, 5.41) is 23.9. The third-order valence-electron chi connectivity index (χ3n) is 5.04. The maximum absolute atomic E-state index is 13.3. The van der Waals surface area contributed by atoms with Gasteiger partial charge in [0.2, 0.25) is 0 Å². The molecule has 1 atom stereocenters. The largest absolute Gasteiger partial charge is 0.505 e. The second-order valence-corrected chi connectivity index (χ2v) is 6.96. The topological polar surface area (TPSA) is 86.0 Å². The first-order chi connectivity index (χ1) is 14.6. The molecule has 5 nitrogen and oxygen atoms in total. The molecule has 1 aromatic heterocycles. The lowest BCUT2D eigenvalue weighted by Crippen LogP contribution is -2.27. The van der Waals surface area contributed by atoms with Crippen molar-refractivity contribution in [3.8, 4) is 23.1 Å². The van der Waals surface area contributed by atoms with Gasteiger partial charge in [-0.05, 0) is 24.6 Å². The molecule has 146 valence electrons. The average molecular weight is 393 g/mol. The van der Waals surface area contributed by atoms with E-state index in [-0.39, 0.29) is 11.3 Å². The second-order valence-electron chi connectivity index (χ2n) is 6.96. The number of nitrogens with one attached hydrogen (secondary N) is 1. The molecule has 0 spiro atoms. The SMILES string of the molecule is C[C@H](NC(=O)c1c(O)c(-c2ccccc2)nc2ccccc12)c1ccccc1C#N. The molecule has 0 saturated carbocycles. The highest BCUT2D eigenvalue weighted by Crippen LogP contribution is 2.35.